The number of amides is 3. The van der Waals surface area contributed by atoms with Crippen LogP contribution < -0.4 is 16.4 Å². The fourth-order valence-corrected chi connectivity index (χ4v) is 1.50. The molecule has 0 aliphatic rings. The van der Waals surface area contributed by atoms with Gasteiger partial charge in [0.25, 0.3) is 0 Å². The molecule has 2 atom stereocenters. The normalized spacial score (nSPS) is 13.1. The molecule has 0 fully saturated rings. The Kier molecular flexibility index (Phi) is 5.45. The van der Waals surface area contributed by atoms with Crippen LogP contribution in [0.1, 0.15) is 25.1 Å². The summed E-state index contributed by atoms with van der Waals surface area (Å²) in [5.41, 5.74) is 5.54. The molecule has 5 N–H and O–H groups in total. The second-order valence-corrected chi connectivity index (χ2v) is 4.16. The maximum absolute atomic E-state index is 11.7. The maximum Gasteiger partial charge on any atom is 0.326 e. The third kappa shape index (κ3) is 4.92. The van der Waals surface area contributed by atoms with Crippen molar-refractivity contribution in [2.45, 2.75) is 25.4 Å². The van der Waals surface area contributed by atoms with E-state index in [9.17, 15) is 14.4 Å². The highest BCUT2D eigenvalue weighted by atomic mass is 16.4. The summed E-state index contributed by atoms with van der Waals surface area (Å²) in [5.74, 6) is -2.14. The SMILES string of the molecule is CC(NC(=O)N[C@@H](CC(N)=O)C(=O)O)c1ccccn1. The van der Waals surface area contributed by atoms with Crippen molar-refractivity contribution in [3.8, 4) is 0 Å². The van der Waals surface area contributed by atoms with Crippen LogP contribution in [0.5, 0.6) is 0 Å². The molecule has 8 nitrogen and oxygen atoms in total. The summed E-state index contributed by atoms with van der Waals surface area (Å²) < 4.78 is 0. The summed E-state index contributed by atoms with van der Waals surface area (Å²) in [6, 6.07) is 2.76. The first-order chi connectivity index (χ1) is 9.40. The minimum absolute atomic E-state index is 0.403. The lowest BCUT2D eigenvalue weighted by Gasteiger charge is -2.17. The quantitative estimate of drug-likeness (QED) is 0.571. The molecular weight excluding hydrogens is 264 g/mol. The second-order valence-electron chi connectivity index (χ2n) is 4.16. The Bertz CT molecular complexity index is 491. The van der Waals surface area contributed by atoms with Crippen molar-refractivity contribution < 1.29 is 19.5 Å². The second kappa shape index (κ2) is 7.07. The van der Waals surface area contributed by atoms with Crippen LogP contribution in [0.15, 0.2) is 24.4 Å². The molecule has 0 saturated heterocycles. The summed E-state index contributed by atoms with van der Waals surface area (Å²) >= 11 is 0. The lowest BCUT2D eigenvalue weighted by atomic mass is 10.2. The van der Waals surface area contributed by atoms with Crippen LogP contribution in [0.4, 0.5) is 4.79 Å². The number of nitrogens with two attached hydrogens (primary N) is 1. The highest BCUT2D eigenvalue weighted by Gasteiger charge is 2.22. The van der Waals surface area contributed by atoms with E-state index in [2.05, 4.69) is 15.6 Å². The smallest absolute Gasteiger partial charge is 0.326 e. The van der Waals surface area contributed by atoms with E-state index in [4.69, 9.17) is 10.8 Å². The number of primary amides is 1. The van der Waals surface area contributed by atoms with Crippen LogP contribution in [-0.2, 0) is 9.59 Å². The third-order valence-electron chi connectivity index (χ3n) is 2.49. The molecule has 108 valence electrons. The molecular formula is C12H16N4O4. The third-order valence-corrected chi connectivity index (χ3v) is 2.49. The van der Waals surface area contributed by atoms with E-state index in [0.717, 1.165) is 0 Å². The fourth-order valence-electron chi connectivity index (χ4n) is 1.50. The van der Waals surface area contributed by atoms with Gasteiger partial charge in [-0.15, -0.1) is 0 Å². The summed E-state index contributed by atoms with van der Waals surface area (Å²) in [7, 11) is 0. The first-order valence-electron chi connectivity index (χ1n) is 5.89. The Hall–Kier alpha value is -2.64. The molecule has 20 heavy (non-hydrogen) atoms. The number of urea groups is 1. The number of rotatable bonds is 6. The van der Waals surface area contributed by atoms with Gasteiger partial charge in [-0.25, -0.2) is 9.59 Å². The van der Waals surface area contributed by atoms with E-state index >= 15 is 0 Å². The molecule has 0 aliphatic heterocycles. The first-order valence-corrected chi connectivity index (χ1v) is 5.89. The Morgan fingerprint density at radius 1 is 1.35 bits per heavy atom. The number of carboxylic acids is 1. The van der Waals surface area contributed by atoms with Crippen molar-refractivity contribution in [3.63, 3.8) is 0 Å². The largest absolute Gasteiger partial charge is 0.480 e. The zero-order valence-electron chi connectivity index (χ0n) is 10.9. The van der Waals surface area contributed by atoms with E-state index < -0.39 is 36.4 Å². The highest BCUT2D eigenvalue weighted by Crippen LogP contribution is 2.07. The maximum atomic E-state index is 11.7. The van der Waals surface area contributed by atoms with Gasteiger partial charge in [0.2, 0.25) is 5.91 Å². The lowest BCUT2D eigenvalue weighted by molar-refractivity contribution is -0.140. The van der Waals surface area contributed by atoms with Crippen molar-refractivity contribution in [1.82, 2.24) is 15.6 Å². The highest BCUT2D eigenvalue weighted by molar-refractivity contribution is 5.87. The molecule has 0 bridgehead atoms. The number of nitrogens with zero attached hydrogens (tertiary/aromatic N) is 1. The standard InChI is InChI=1S/C12H16N4O4/c1-7(8-4-2-3-5-14-8)15-12(20)16-9(11(18)19)6-10(13)17/h2-5,7,9H,6H2,1H3,(H2,13,17)(H,18,19)(H2,15,16,20)/t7?,9-/m0/s1. The minimum Gasteiger partial charge on any atom is -0.480 e. The van der Waals surface area contributed by atoms with Crippen molar-refractivity contribution in [1.29, 1.82) is 0 Å². The van der Waals surface area contributed by atoms with Crippen molar-refractivity contribution in [3.05, 3.63) is 30.1 Å². The van der Waals surface area contributed by atoms with Crippen LogP contribution in [0.3, 0.4) is 0 Å². The van der Waals surface area contributed by atoms with Gasteiger partial charge in [-0.2, -0.15) is 0 Å². The van der Waals surface area contributed by atoms with Gasteiger partial charge in [0, 0.05) is 6.20 Å². The Morgan fingerprint density at radius 2 is 2.05 bits per heavy atom. The summed E-state index contributed by atoms with van der Waals surface area (Å²) in [4.78, 5) is 37.3. The number of hydrogen-bond acceptors (Lipinski definition) is 4. The number of nitrogens with one attached hydrogen (secondary N) is 2. The Labute approximate surface area is 115 Å². The number of aromatic nitrogens is 1. The first kappa shape index (κ1) is 15.4. The zero-order valence-corrected chi connectivity index (χ0v) is 10.9. The van der Waals surface area contributed by atoms with Crippen LogP contribution in [0.25, 0.3) is 0 Å². The predicted molar refractivity (Wildman–Crippen MR) is 69.6 cm³/mol. The number of carbonyl (C=O) groups is 3. The molecule has 0 spiro atoms. The molecule has 1 rings (SSSR count). The zero-order chi connectivity index (χ0) is 15.1. The lowest BCUT2D eigenvalue weighted by Crippen LogP contribution is -2.48. The van der Waals surface area contributed by atoms with Gasteiger partial charge in [-0.05, 0) is 19.1 Å². The van der Waals surface area contributed by atoms with Crippen molar-refractivity contribution in [2.75, 3.05) is 0 Å². The van der Waals surface area contributed by atoms with Gasteiger partial charge < -0.3 is 21.5 Å². The van der Waals surface area contributed by atoms with Gasteiger partial charge in [0.1, 0.15) is 6.04 Å². The Morgan fingerprint density at radius 3 is 2.55 bits per heavy atom. The molecule has 1 heterocycles. The summed E-state index contributed by atoms with van der Waals surface area (Å²) in [6.45, 7) is 1.70. The number of aliphatic carboxylic acids is 1. The number of hydrogen-bond donors (Lipinski definition) is 4. The van der Waals surface area contributed by atoms with Crippen LogP contribution in [0, 0.1) is 0 Å². The summed E-state index contributed by atoms with van der Waals surface area (Å²) in [5, 5.41) is 13.6. The molecule has 3 amide bonds. The van der Waals surface area contributed by atoms with E-state index in [1.807, 2.05) is 0 Å². The van der Waals surface area contributed by atoms with Gasteiger partial charge in [-0.3, -0.25) is 9.78 Å². The van der Waals surface area contributed by atoms with Gasteiger partial charge in [0.05, 0.1) is 18.2 Å². The van der Waals surface area contributed by atoms with Crippen LogP contribution in [-0.4, -0.2) is 34.0 Å². The number of carbonyl (C=O) groups excluding carboxylic acids is 2. The minimum atomic E-state index is -1.36. The van der Waals surface area contributed by atoms with E-state index in [1.165, 1.54) is 0 Å². The van der Waals surface area contributed by atoms with Crippen molar-refractivity contribution >= 4 is 17.9 Å². The molecule has 1 aromatic heterocycles. The molecule has 1 unspecified atom stereocenters. The molecule has 0 aromatic carbocycles. The van der Waals surface area contributed by atoms with Crippen LogP contribution >= 0.6 is 0 Å². The molecule has 0 aliphatic carbocycles. The van der Waals surface area contributed by atoms with E-state index in [1.54, 1.807) is 31.3 Å². The monoisotopic (exact) mass is 280 g/mol. The summed E-state index contributed by atoms with van der Waals surface area (Å²) in [6.07, 6.45) is 1.11. The van der Waals surface area contributed by atoms with Crippen molar-refractivity contribution in [2.24, 2.45) is 5.73 Å². The predicted octanol–water partition coefficient (Wildman–Crippen LogP) is -0.230. The molecule has 1 aromatic rings. The fraction of sp³-hybridized carbons (Fsp3) is 0.333. The van der Waals surface area contributed by atoms with Crippen LogP contribution in [0.2, 0.25) is 0 Å². The topological polar surface area (TPSA) is 134 Å². The van der Waals surface area contributed by atoms with E-state index in [0.29, 0.717) is 5.69 Å². The average Bonchev–Trinajstić information content (AvgIpc) is 2.38. The molecule has 8 heteroatoms. The van der Waals surface area contributed by atoms with E-state index in [-0.39, 0.29) is 0 Å². The number of carboxylic acid groups (broad SMARTS) is 1. The van der Waals surface area contributed by atoms with Gasteiger partial charge >= 0.3 is 12.0 Å². The van der Waals surface area contributed by atoms with Gasteiger partial charge in [0.15, 0.2) is 0 Å². The average molecular weight is 280 g/mol. The molecule has 0 saturated carbocycles. The number of pyridine rings is 1. The van der Waals surface area contributed by atoms with Gasteiger partial charge in [-0.1, -0.05) is 6.07 Å². The molecule has 0 radical (unpaired) electrons. The Balaban J connectivity index is 2.57.